The number of hydrogen-bond acceptors (Lipinski definition) is 2. The van der Waals surface area contributed by atoms with Crippen molar-refractivity contribution in [3.05, 3.63) is 35.9 Å². The fourth-order valence-corrected chi connectivity index (χ4v) is 2.24. The van der Waals surface area contributed by atoms with Gasteiger partial charge in [-0.1, -0.05) is 62.9 Å². The lowest BCUT2D eigenvalue weighted by molar-refractivity contribution is -0.213. The van der Waals surface area contributed by atoms with E-state index in [1.54, 1.807) is 0 Å². The molecule has 0 saturated heterocycles. The average Bonchev–Trinajstić information content (AvgIpc) is 2.46. The lowest BCUT2D eigenvalue weighted by Crippen LogP contribution is -2.47. The van der Waals surface area contributed by atoms with Crippen LogP contribution in [0.15, 0.2) is 30.3 Å². The number of alkyl halides is 3. The highest BCUT2D eigenvalue weighted by Crippen LogP contribution is 2.25. The first-order valence-corrected chi connectivity index (χ1v) is 7.47. The summed E-state index contributed by atoms with van der Waals surface area (Å²) in [7, 11) is 0. The maximum absolute atomic E-state index is 12.7. The molecule has 5 heteroatoms. The summed E-state index contributed by atoms with van der Waals surface area (Å²) in [4.78, 5) is 0. The van der Waals surface area contributed by atoms with Crippen molar-refractivity contribution in [1.82, 2.24) is 5.32 Å². The number of aliphatic hydroxyl groups is 1. The first-order valence-electron chi connectivity index (χ1n) is 7.47. The van der Waals surface area contributed by atoms with Gasteiger partial charge in [-0.2, -0.15) is 13.2 Å². The van der Waals surface area contributed by atoms with Crippen LogP contribution in [0.1, 0.15) is 44.6 Å². The second kappa shape index (κ2) is 9.05. The van der Waals surface area contributed by atoms with Crippen LogP contribution in [0.2, 0.25) is 0 Å². The first kappa shape index (κ1) is 18.0. The monoisotopic (exact) mass is 303 g/mol. The van der Waals surface area contributed by atoms with Gasteiger partial charge in [-0.3, -0.25) is 0 Å². The molecule has 0 aliphatic carbocycles. The van der Waals surface area contributed by atoms with Crippen LogP contribution in [0.4, 0.5) is 13.2 Å². The second-order valence-corrected chi connectivity index (χ2v) is 5.31. The number of rotatable bonds is 9. The zero-order valence-electron chi connectivity index (χ0n) is 12.4. The molecule has 21 heavy (non-hydrogen) atoms. The Morgan fingerprint density at radius 1 is 1.10 bits per heavy atom. The molecule has 0 unspecified atom stereocenters. The van der Waals surface area contributed by atoms with E-state index in [0.29, 0.717) is 19.4 Å². The van der Waals surface area contributed by atoms with E-state index in [2.05, 4.69) is 12.2 Å². The molecule has 0 amide bonds. The Bertz CT molecular complexity index is 381. The van der Waals surface area contributed by atoms with Gasteiger partial charge in [0.05, 0.1) is 0 Å². The summed E-state index contributed by atoms with van der Waals surface area (Å²) < 4.78 is 38.1. The maximum Gasteiger partial charge on any atom is 0.415 e. The predicted octanol–water partition coefficient (Wildman–Crippen LogP) is 4.04. The van der Waals surface area contributed by atoms with Crippen LogP contribution >= 0.6 is 0 Å². The molecule has 0 bridgehead atoms. The van der Waals surface area contributed by atoms with Crippen LogP contribution in [0.5, 0.6) is 0 Å². The highest BCUT2D eigenvalue weighted by molar-refractivity contribution is 5.14. The van der Waals surface area contributed by atoms with E-state index in [1.165, 1.54) is 0 Å². The van der Waals surface area contributed by atoms with Gasteiger partial charge in [0.25, 0.3) is 0 Å². The lowest BCUT2D eigenvalue weighted by Gasteiger charge is -2.26. The molecule has 1 aromatic rings. The average molecular weight is 303 g/mol. The Hall–Kier alpha value is -1.07. The molecular weight excluding hydrogens is 279 g/mol. The Kier molecular flexibility index (Phi) is 7.75. The molecule has 1 rings (SSSR count). The van der Waals surface area contributed by atoms with Crippen molar-refractivity contribution in [3.8, 4) is 0 Å². The molecule has 0 aliphatic rings. The molecule has 0 radical (unpaired) electrons. The molecule has 0 spiro atoms. The van der Waals surface area contributed by atoms with Gasteiger partial charge in [0, 0.05) is 12.6 Å². The van der Waals surface area contributed by atoms with E-state index in [9.17, 15) is 18.3 Å². The molecule has 0 saturated carbocycles. The van der Waals surface area contributed by atoms with Crippen molar-refractivity contribution in [2.24, 2.45) is 0 Å². The fraction of sp³-hybridized carbons (Fsp3) is 0.625. The van der Waals surface area contributed by atoms with Gasteiger partial charge < -0.3 is 10.4 Å². The second-order valence-electron chi connectivity index (χ2n) is 5.31. The highest BCUT2D eigenvalue weighted by atomic mass is 19.4. The molecule has 1 aromatic carbocycles. The van der Waals surface area contributed by atoms with Crippen molar-refractivity contribution in [2.45, 2.75) is 63.9 Å². The van der Waals surface area contributed by atoms with Crippen LogP contribution in [0, 0.1) is 0 Å². The third-order valence-electron chi connectivity index (χ3n) is 3.50. The Morgan fingerprint density at radius 3 is 2.33 bits per heavy atom. The van der Waals surface area contributed by atoms with Crippen molar-refractivity contribution >= 4 is 0 Å². The summed E-state index contributed by atoms with van der Waals surface area (Å²) in [5.41, 5.74) is 0.908. The maximum atomic E-state index is 12.7. The van der Waals surface area contributed by atoms with Gasteiger partial charge >= 0.3 is 6.18 Å². The number of unbranched alkanes of at least 4 members (excludes halogenated alkanes) is 3. The summed E-state index contributed by atoms with van der Waals surface area (Å²) >= 11 is 0. The van der Waals surface area contributed by atoms with Crippen LogP contribution in [-0.4, -0.2) is 23.4 Å². The highest BCUT2D eigenvalue weighted by Gasteiger charge is 2.42. The molecule has 0 aromatic heterocycles. The van der Waals surface area contributed by atoms with E-state index < -0.39 is 18.3 Å². The number of nitrogens with one attached hydrogen (secondary N) is 1. The molecular formula is C16H24F3NO. The predicted molar refractivity (Wildman–Crippen MR) is 77.9 cm³/mol. The minimum absolute atomic E-state index is 0.326. The fourth-order valence-electron chi connectivity index (χ4n) is 2.24. The third-order valence-corrected chi connectivity index (χ3v) is 3.50. The van der Waals surface area contributed by atoms with Crippen LogP contribution in [0.3, 0.4) is 0 Å². The SMILES string of the molecule is CCCCCC[C@@H](NCc1ccccc1)[C@H](O)C(F)(F)F. The van der Waals surface area contributed by atoms with E-state index in [-0.39, 0.29) is 0 Å². The van der Waals surface area contributed by atoms with Crippen molar-refractivity contribution < 1.29 is 18.3 Å². The molecule has 120 valence electrons. The molecule has 2 atom stereocenters. The first-order chi connectivity index (χ1) is 9.95. The van der Waals surface area contributed by atoms with Gasteiger partial charge in [-0.15, -0.1) is 0 Å². The van der Waals surface area contributed by atoms with E-state index in [1.807, 2.05) is 30.3 Å². The van der Waals surface area contributed by atoms with Gasteiger partial charge in [0.1, 0.15) is 0 Å². The van der Waals surface area contributed by atoms with Crippen molar-refractivity contribution in [3.63, 3.8) is 0 Å². The van der Waals surface area contributed by atoms with Crippen LogP contribution in [-0.2, 0) is 6.54 Å². The zero-order chi connectivity index (χ0) is 15.7. The molecule has 0 aliphatic heterocycles. The summed E-state index contributed by atoms with van der Waals surface area (Å²) in [5, 5.41) is 12.3. The summed E-state index contributed by atoms with van der Waals surface area (Å²) in [6.45, 7) is 2.38. The largest absolute Gasteiger partial charge is 0.415 e. The molecule has 0 heterocycles. The van der Waals surface area contributed by atoms with Crippen LogP contribution < -0.4 is 5.32 Å². The van der Waals surface area contributed by atoms with E-state index >= 15 is 0 Å². The minimum atomic E-state index is -4.58. The Labute approximate surface area is 124 Å². The Balaban J connectivity index is 2.54. The zero-order valence-corrected chi connectivity index (χ0v) is 12.4. The smallest absolute Gasteiger partial charge is 0.382 e. The number of halogens is 3. The number of benzene rings is 1. The van der Waals surface area contributed by atoms with Crippen LogP contribution in [0.25, 0.3) is 0 Å². The standard InChI is InChI=1S/C16H24F3NO/c1-2-3-4-8-11-14(15(21)16(17,18)19)20-12-13-9-6-5-7-10-13/h5-7,9-10,14-15,20-21H,2-4,8,11-12H2,1H3/t14-,15+/m1/s1. The minimum Gasteiger partial charge on any atom is -0.382 e. The van der Waals surface area contributed by atoms with Crippen molar-refractivity contribution in [2.75, 3.05) is 0 Å². The Morgan fingerprint density at radius 2 is 1.76 bits per heavy atom. The number of hydrogen-bond donors (Lipinski definition) is 2. The van der Waals surface area contributed by atoms with Gasteiger partial charge in [-0.25, -0.2) is 0 Å². The topological polar surface area (TPSA) is 32.3 Å². The summed E-state index contributed by atoms with van der Waals surface area (Å²) in [6.07, 6.45) is -2.95. The molecule has 2 nitrogen and oxygen atoms in total. The third kappa shape index (κ3) is 6.96. The summed E-state index contributed by atoms with van der Waals surface area (Å²) in [6, 6.07) is 8.28. The summed E-state index contributed by atoms with van der Waals surface area (Å²) in [5.74, 6) is 0. The van der Waals surface area contributed by atoms with E-state index in [0.717, 1.165) is 24.8 Å². The normalized spacial score (nSPS) is 14.9. The van der Waals surface area contributed by atoms with Gasteiger partial charge in [0.2, 0.25) is 0 Å². The van der Waals surface area contributed by atoms with Gasteiger partial charge in [-0.05, 0) is 12.0 Å². The van der Waals surface area contributed by atoms with Crippen molar-refractivity contribution in [1.29, 1.82) is 0 Å². The quantitative estimate of drug-likeness (QED) is 0.675. The molecule has 0 fully saturated rings. The van der Waals surface area contributed by atoms with Gasteiger partial charge in [0.15, 0.2) is 6.10 Å². The lowest BCUT2D eigenvalue weighted by atomic mass is 10.0. The number of aliphatic hydroxyl groups excluding tert-OH is 1. The van der Waals surface area contributed by atoms with E-state index in [4.69, 9.17) is 0 Å². The molecule has 2 N–H and O–H groups in total.